The van der Waals surface area contributed by atoms with Crippen molar-refractivity contribution in [3.63, 3.8) is 0 Å². The van der Waals surface area contributed by atoms with Crippen molar-refractivity contribution >= 4 is 41.5 Å². The molecule has 1 saturated heterocycles. The van der Waals surface area contributed by atoms with Crippen LogP contribution in [0, 0.1) is 0 Å². The lowest BCUT2D eigenvalue weighted by Crippen LogP contribution is -2.42. The number of halogens is 2. The van der Waals surface area contributed by atoms with Gasteiger partial charge < -0.3 is 16.0 Å². The van der Waals surface area contributed by atoms with Crippen LogP contribution in [0.2, 0.25) is 5.02 Å². The van der Waals surface area contributed by atoms with Gasteiger partial charge in [-0.1, -0.05) is 11.6 Å². The summed E-state index contributed by atoms with van der Waals surface area (Å²) in [5, 5.41) is 3.36. The van der Waals surface area contributed by atoms with Gasteiger partial charge in [-0.25, -0.2) is 0 Å². The molecule has 1 aliphatic heterocycles. The number of nitrogens with one attached hydrogen (secondary N) is 1. The third-order valence-electron chi connectivity index (χ3n) is 3.19. The third kappa shape index (κ3) is 4.59. The van der Waals surface area contributed by atoms with E-state index in [4.69, 9.17) is 17.3 Å². The van der Waals surface area contributed by atoms with E-state index in [0.717, 1.165) is 5.69 Å². The third-order valence-corrected chi connectivity index (χ3v) is 3.44. The number of anilines is 1. The van der Waals surface area contributed by atoms with E-state index in [1.165, 1.54) is 0 Å². The number of carbonyl (C=O) groups excluding carboxylic acids is 2. The van der Waals surface area contributed by atoms with Crippen molar-refractivity contribution in [3.8, 4) is 0 Å². The average Bonchev–Trinajstić information content (AvgIpc) is 2.71. The molecular weight excluding hydrogens is 313 g/mol. The fourth-order valence-corrected chi connectivity index (χ4v) is 2.36. The molecule has 0 aromatic heterocycles. The van der Waals surface area contributed by atoms with Crippen molar-refractivity contribution in [2.24, 2.45) is 5.73 Å². The van der Waals surface area contributed by atoms with Crippen molar-refractivity contribution in [2.75, 3.05) is 11.4 Å². The van der Waals surface area contributed by atoms with E-state index in [-0.39, 0.29) is 36.7 Å². The lowest BCUT2D eigenvalue weighted by atomic mass is 10.2. The van der Waals surface area contributed by atoms with Crippen molar-refractivity contribution in [1.29, 1.82) is 0 Å². The highest BCUT2D eigenvalue weighted by atomic mass is 35.5. The molecule has 5 nitrogen and oxygen atoms in total. The van der Waals surface area contributed by atoms with Crippen LogP contribution in [0.3, 0.4) is 0 Å². The lowest BCUT2D eigenvalue weighted by Gasteiger charge is -2.17. The maximum Gasteiger partial charge on any atom is 0.249 e. The van der Waals surface area contributed by atoms with Crippen LogP contribution in [-0.2, 0) is 9.59 Å². The molecule has 7 heteroatoms. The average molecular weight is 332 g/mol. The number of amides is 2. The minimum Gasteiger partial charge on any atom is -0.344 e. The Labute approximate surface area is 135 Å². The summed E-state index contributed by atoms with van der Waals surface area (Å²) in [4.78, 5) is 25.6. The second-order valence-corrected chi connectivity index (χ2v) is 5.49. The number of benzene rings is 1. The topological polar surface area (TPSA) is 75.4 Å². The molecule has 3 N–H and O–H groups in total. The molecule has 1 aromatic carbocycles. The molecule has 1 aromatic rings. The van der Waals surface area contributed by atoms with Crippen molar-refractivity contribution in [2.45, 2.75) is 31.8 Å². The van der Waals surface area contributed by atoms with E-state index >= 15 is 0 Å². The van der Waals surface area contributed by atoms with Crippen LogP contribution in [-0.4, -0.2) is 30.4 Å². The molecular formula is C14H19Cl2N3O2. The largest absolute Gasteiger partial charge is 0.344 e. The molecule has 116 valence electrons. The van der Waals surface area contributed by atoms with Crippen LogP contribution in [0.15, 0.2) is 24.3 Å². The fraction of sp³-hybridized carbons (Fsp3) is 0.429. The smallest absolute Gasteiger partial charge is 0.249 e. The molecule has 2 unspecified atom stereocenters. The number of nitrogens with zero attached hydrogens (tertiary/aromatic N) is 1. The Balaban J connectivity index is 0.00000220. The first-order valence-corrected chi connectivity index (χ1v) is 6.97. The van der Waals surface area contributed by atoms with Crippen LogP contribution < -0.4 is 16.0 Å². The molecule has 0 saturated carbocycles. The summed E-state index contributed by atoms with van der Waals surface area (Å²) >= 11 is 5.83. The maximum atomic E-state index is 12.3. The van der Waals surface area contributed by atoms with Crippen LogP contribution in [0.4, 0.5) is 5.69 Å². The zero-order valence-electron chi connectivity index (χ0n) is 11.7. The highest BCUT2D eigenvalue weighted by Crippen LogP contribution is 2.23. The van der Waals surface area contributed by atoms with Gasteiger partial charge in [0.1, 0.15) is 6.04 Å². The Hall–Kier alpha value is -1.30. The zero-order valence-corrected chi connectivity index (χ0v) is 13.3. The van der Waals surface area contributed by atoms with Crippen LogP contribution in [0.25, 0.3) is 0 Å². The summed E-state index contributed by atoms with van der Waals surface area (Å²) in [6.45, 7) is 2.35. The lowest BCUT2D eigenvalue weighted by molar-refractivity contribution is -0.126. The van der Waals surface area contributed by atoms with E-state index in [1.807, 2.05) is 0 Å². The first-order valence-electron chi connectivity index (χ1n) is 6.59. The molecule has 21 heavy (non-hydrogen) atoms. The molecule has 0 bridgehead atoms. The summed E-state index contributed by atoms with van der Waals surface area (Å²) in [5.41, 5.74) is 6.36. The van der Waals surface area contributed by atoms with Crippen molar-refractivity contribution in [1.82, 2.24) is 5.32 Å². The number of nitrogens with two attached hydrogens (primary N) is 1. The molecule has 0 spiro atoms. The second-order valence-electron chi connectivity index (χ2n) is 5.06. The van der Waals surface area contributed by atoms with Gasteiger partial charge in [0.2, 0.25) is 11.8 Å². The molecule has 1 aliphatic rings. The van der Waals surface area contributed by atoms with Gasteiger partial charge in [-0.05, 0) is 37.6 Å². The van der Waals surface area contributed by atoms with Crippen LogP contribution >= 0.6 is 24.0 Å². The molecule has 1 fully saturated rings. The first-order chi connectivity index (χ1) is 9.47. The monoisotopic (exact) mass is 331 g/mol. The highest BCUT2D eigenvalue weighted by Gasteiger charge is 2.33. The molecule has 0 radical (unpaired) electrons. The van der Waals surface area contributed by atoms with Crippen molar-refractivity contribution < 1.29 is 9.59 Å². The van der Waals surface area contributed by atoms with Crippen LogP contribution in [0.5, 0.6) is 0 Å². The Morgan fingerprint density at radius 3 is 2.67 bits per heavy atom. The Kier molecular flexibility index (Phi) is 6.45. The molecule has 1 heterocycles. The SMILES string of the molecule is CC(N)CC(=O)NC1CCN(c2ccc(Cl)cc2)C1=O.Cl. The summed E-state index contributed by atoms with van der Waals surface area (Å²) in [7, 11) is 0. The maximum absolute atomic E-state index is 12.3. The first kappa shape index (κ1) is 17.8. The highest BCUT2D eigenvalue weighted by molar-refractivity contribution is 6.30. The summed E-state index contributed by atoms with van der Waals surface area (Å²) < 4.78 is 0. The number of rotatable bonds is 4. The molecule has 2 atom stereocenters. The molecule has 2 amide bonds. The predicted octanol–water partition coefficient (Wildman–Crippen LogP) is 1.72. The van der Waals surface area contributed by atoms with Gasteiger partial charge in [-0.3, -0.25) is 9.59 Å². The number of hydrogen-bond donors (Lipinski definition) is 2. The quantitative estimate of drug-likeness (QED) is 0.882. The van der Waals surface area contributed by atoms with Gasteiger partial charge in [0, 0.05) is 29.7 Å². The van der Waals surface area contributed by atoms with Gasteiger partial charge in [0.05, 0.1) is 0 Å². The van der Waals surface area contributed by atoms with Crippen molar-refractivity contribution in [3.05, 3.63) is 29.3 Å². The van der Waals surface area contributed by atoms with Gasteiger partial charge in [-0.2, -0.15) is 0 Å². The van der Waals surface area contributed by atoms with E-state index in [2.05, 4.69) is 5.32 Å². The second kappa shape index (κ2) is 7.64. The number of hydrogen-bond acceptors (Lipinski definition) is 3. The minimum atomic E-state index is -0.461. The summed E-state index contributed by atoms with van der Waals surface area (Å²) in [6, 6.07) is 6.41. The van der Waals surface area contributed by atoms with Gasteiger partial charge in [0.15, 0.2) is 0 Å². The Morgan fingerprint density at radius 1 is 1.48 bits per heavy atom. The minimum absolute atomic E-state index is 0. The molecule has 0 aliphatic carbocycles. The van der Waals surface area contributed by atoms with Gasteiger partial charge in [0.25, 0.3) is 0 Å². The van der Waals surface area contributed by atoms with Crippen LogP contribution in [0.1, 0.15) is 19.8 Å². The van der Waals surface area contributed by atoms with E-state index in [9.17, 15) is 9.59 Å². The normalized spacial score (nSPS) is 19.1. The Bertz CT molecular complexity index is 505. The van der Waals surface area contributed by atoms with Gasteiger partial charge >= 0.3 is 0 Å². The van der Waals surface area contributed by atoms with E-state index < -0.39 is 6.04 Å². The van der Waals surface area contributed by atoms with Gasteiger partial charge in [-0.15, -0.1) is 12.4 Å². The summed E-state index contributed by atoms with van der Waals surface area (Å²) in [6.07, 6.45) is 0.830. The predicted molar refractivity (Wildman–Crippen MR) is 85.9 cm³/mol. The van der Waals surface area contributed by atoms with E-state index in [1.54, 1.807) is 36.1 Å². The van der Waals surface area contributed by atoms with E-state index in [0.29, 0.717) is 18.0 Å². The zero-order chi connectivity index (χ0) is 14.7. The molecule has 2 rings (SSSR count). The Morgan fingerprint density at radius 2 is 2.10 bits per heavy atom. The summed E-state index contributed by atoms with van der Waals surface area (Å²) in [5.74, 6) is -0.276. The number of carbonyl (C=O) groups is 2. The fourth-order valence-electron chi connectivity index (χ4n) is 2.24. The standard InChI is InChI=1S/C14H18ClN3O2.ClH/c1-9(16)8-13(19)17-12-6-7-18(14(12)20)11-4-2-10(15)3-5-11;/h2-5,9,12H,6-8,16H2,1H3,(H,17,19);1H.